The lowest BCUT2D eigenvalue weighted by Gasteiger charge is -2.16. The van der Waals surface area contributed by atoms with Crippen molar-refractivity contribution in [2.45, 2.75) is 33.6 Å². The van der Waals surface area contributed by atoms with Gasteiger partial charge < -0.3 is 10.2 Å². The quantitative estimate of drug-likeness (QED) is 0.187. The molecule has 0 spiro atoms. The van der Waals surface area contributed by atoms with Crippen LogP contribution in [0.5, 0.6) is 0 Å². The third-order valence-electron chi connectivity index (χ3n) is 9.50. The van der Waals surface area contributed by atoms with Crippen LogP contribution >= 0.6 is 0 Å². The molecular formula is C46H41NO. The van der Waals surface area contributed by atoms with E-state index in [4.69, 9.17) is 10.2 Å². The number of hydrogen-bond acceptors (Lipinski definition) is 2. The highest BCUT2D eigenvalue weighted by Crippen LogP contribution is 2.39. The third kappa shape index (κ3) is 5.65. The van der Waals surface area contributed by atoms with E-state index in [-0.39, 0.29) is 5.92 Å². The van der Waals surface area contributed by atoms with Crippen LogP contribution in [0.4, 0.5) is 0 Å². The molecule has 6 aromatic carbocycles. The summed E-state index contributed by atoms with van der Waals surface area (Å²) in [6, 6.07) is 36.5. The first-order valence-corrected chi connectivity index (χ1v) is 17.0. The van der Waals surface area contributed by atoms with Crippen LogP contribution in [-0.4, -0.2) is 0 Å². The Kier molecular flexibility index (Phi) is 8.57. The van der Waals surface area contributed by atoms with Crippen molar-refractivity contribution < 1.29 is 4.42 Å². The molecule has 1 atom stereocenters. The normalized spacial score (nSPS) is 15.0. The van der Waals surface area contributed by atoms with Gasteiger partial charge in [0.05, 0.1) is 0 Å². The van der Waals surface area contributed by atoms with Crippen molar-refractivity contribution in [3.05, 3.63) is 167 Å². The van der Waals surface area contributed by atoms with E-state index in [9.17, 15) is 0 Å². The molecule has 0 saturated carbocycles. The summed E-state index contributed by atoms with van der Waals surface area (Å²) in [4.78, 5) is 0. The summed E-state index contributed by atoms with van der Waals surface area (Å²) in [5, 5.41) is 8.41. The summed E-state index contributed by atoms with van der Waals surface area (Å²) in [5.41, 5.74) is 16.4. The van der Waals surface area contributed by atoms with Crippen molar-refractivity contribution in [2.75, 3.05) is 0 Å². The van der Waals surface area contributed by atoms with E-state index >= 15 is 0 Å². The van der Waals surface area contributed by atoms with Gasteiger partial charge in [0.1, 0.15) is 11.2 Å². The first-order chi connectivity index (χ1) is 23.5. The minimum absolute atomic E-state index is 0.279. The van der Waals surface area contributed by atoms with Gasteiger partial charge in [-0.3, -0.25) is 0 Å². The van der Waals surface area contributed by atoms with Gasteiger partial charge in [0.25, 0.3) is 0 Å². The van der Waals surface area contributed by atoms with Gasteiger partial charge in [-0.1, -0.05) is 136 Å². The van der Waals surface area contributed by atoms with Gasteiger partial charge in [-0.2, -0.15) is 0 Å². The van der Waals surface area contributed by atoms with Crippen LogP contribution in [0.15, 0.2) is 150 Å². The SMILES string of the molecule is C=c1ccc2ccc(-c3ccc4oc5cccc(C/C=C(\C=C(/N)c6ccccc6)C6C=CC=CC6)c5c4c3)c3ccc(C)c1c23.CC. The monoisotopic (exact) mass is 623 g/mol. The number of nitrogens with two attached hydrogens (primary N) is 1. The van der Waals surface area contributed by atoms with E-state index in [0.29, 0.717) is 0 Å². The Bertz CT molecular complexity index is 2450. The van der Waals surface area contributed by atoms with Gasteiger partial charge in [0.2, 0.25) is 0 Å². The Morgan fingerprint density at radius 3 is 2.46 bits per heavy atom. The van der Waals surface area contributed by atoms with Crippen LogP contribution in [0.1, 0.15) is 37.0 Å². The maximum absolute atomic E-state index is 6.63. The van der Waals surface area contributed by atoms with Gasteiger partial charge >= 0.3 is 0 Å². The zero-order valence-electron chi connectivity index (χ0n) is 28.0. The van der Waals surface area contributed by atoms with E-state index in [1.54, 1.807) is 0 Å². The minimum atomic E-state index is 0.279. The fourth-order valence-corrected chi connectivity index (χ4v) is 7.16. The van der Waals surface area contributed by atoms with Gasteiger partial charge in [0.15, 0.2) is 0 Å². The fraction of sp³-hybridized carbons (Fsp3) is 0.130. The summed E-state index contributed by atoms with van der Waals surface area (Å²) in [6.07, 6.45) is 15.0. The van der Waals surface area contributed by atoms with Crippen LogP contribution in [0.3, 0.4) is 0 Å². The molecule has 0 amide bonds. The zero-order chi connectivity index (χ0) is 33.2. The first-order valence-electron chi connectivity index (χ1n) is 17.0. The van der Waals surface area contributed by atoms with E-state index in [1.165, 1.54) is 54.8 Å². The van der Waals surface area contributed by atoms with E-state index < -0.39 is 0 Å². The largest absolute Gasteiger partial charge is 0.456 e. The Labute approximate surface area is 282 Å². The van der Waals surface area contributed by atoms with Crippen molar-refractivity contribution in [1.82, 2.24) is 0 Å². The lowest BCUT2D eigenvalue weighted by atomic mass is 9.89. The average Bonchev–Trinajstić information content (AvgIpc) is 3.52. The first kappa shape index (κ1) is 31.0. The number of allylic oxidation sites excluding steroid dienone is 7. The maximum atomic E-state index is 6.63. The molecule has 2 heteroatoms. The van der Waals surface area contributed by atoms with E-state index in [2.05, 4.69) is 135 Å². The molecule has 48 heavy (non-hydrogen) atoms. The summed E-state index contributed by atoms with van der Waals surface area (Å²) >= 11 is 0. The van der Waals surface area contributed by atoms with Crippen molar-refractivity contribution in [2.24, 2.45) is 11.7 Å². The molecule has 0 saturated heterocycles. The maximum Gasteiger partial charge on any atom is 0.135 e. The average molecular weight is 624 g/mol. The third-order valence-corrected chi connectivity index (χ3v) is 9.50. The van der Waals surface area contributed by atoms with Crippen LogP contribution < -0.4 is 11.0 Å². The molecule has 1 heterocycles. The summed E-state index contributed by atoms with van der Waals surface area (Å²) in [5.74, 6) is 0.279. The highest BCUT2D eigenvalue weighted by Gasteiger charge is 2.16. The molecule has 1 aliphatic carbocycles. The Morgan fingerprint density at radius 2 is 1.65 bits per heavy atom. The van der Waals surface area contributed by atoms with Crippen molar-refractivity contribution in [3.63, 3.8) is 0 Å². The standard InChI is InChI=1S/C44H35NO.C2H6/c1-28-16-18-33-21-24-36(37-23-17-29(2)42(28)44(33)37)35-22-25-40-38(26-35)43-32(14-9-15-41(43)46-40)19-20-34(30-10-5-3-6-11-30)27-39(45)31-12-7-4-8-13-31;1-2/h3-10,12-18,20-27,30H,1,11,19,45H2,2H3;1-2H3/b34-20+,39-27-;. The number of benzene rings is 6. The molecule has 2 N–H and O–H groups in total. The van der Waals surface area contributed by atoms with Gasteiger partial charge in [0, 0.05) is 22.4 Å². The van der Waals surface area contributed by atoms with Crippen LogP contribution in [0.2, 0.25) is 0 Å². The molecule has 1 unspecified atom stereocenters. The smallest absolute Gasteiger partial charge is 0.135 e. The van der Waals surface area contributed by atoms with Gasteiger partial charge in [-0.15, -0.1) is 0 Å². The molecule has 0 radical (unpaired) electrons. The van der Waals surface area contributed by atoms with Crippen LogP contribution in [-0.2, 0) is 6.42 Å². The van der Waals surface area contributed by atoms with E-state index in [1.807, 2.05) is 32.0 Å². The highest BCUT2D eigenvalue weighted by atomic mass is 16.3. The Balaban J connectivity index is 0.00000179. The van der Waals surface area contributed by atoms with Crippen molar-refractivity contribution in [1.29, 1.82) is 0 Å². The lowest BCUT2D eigenvalue weighted by molar-refractivity contribution is 0.669. The number of hydrogen-bond donors (Lipinski definition) is 1. The summed E-state index contributed by atoms with van der Waals surface area (Å²) < 4.78 is 6.42. The molecule has 236 valence electrons. The molecule has 2 nitrogen and oxygen atoms in total. The van der Waals surface area contributed by atoms with E-state index in [0.717, 1.165) is 45.9 Å². The number of fused-ring (bicyclic) bond motifs is 3. The molecule has 7 aromatic rings. The second-order valence-corrected chi connectivity index (χ2v) is 12.4. The van der Waals surface area contributed by atoms with Crippen molar-refractivity contribution >= 4 is 55.8 Å². The van der Waals surface area contributed by atoms with Crippen LogP contribution in [0.25, 0.3) is 66.9 Å². The second-order valence-electron chi connectivity index (χ2n) is 12.4. The number of rotatable bonds is 6. The highest BCUT2D eigenvalue weighted by molar-refractivity contribution is 6.17. The Hall–Kier alpha value is -5.60. The molecule has 8 rings (SSSR count). The predicted molar refractivity (Wildman–Crippen MR) is 208 cm³/mol. The van der Waals surface area contributed by atoms with Gasteiger partial charge in [-0.25, -0.2) is 0 Å². The number of furan rings is 1. The Morgan fingerprint density at radius 1 is 0.812 bits per heavy atom. The van der Waals surface area contributed by atoms with Gasteiger partial charge in [-0.05, 0) is 104 Å². The van der Waals surface area contributed by atoms with Crippen LogP contribution in [0, 0.1) is 12.8 Å². The fourth-order valence-electron chi connectivity index (χ4n) is 7.16. The zero-order valence-corrected chi connectivity index (χ0v) is 28.0. The summed E-state index contributed by atoms with van der Waals surface area (Å²) in [7, 11) is 0. The molecule has 1 aliphatic rings. The summed E-state index contributed by atoms with van der Waals surface area (Å²) in [6.45, 7) is 10.5. The number of aryl methyl sites for hydroxylation is 1. The van der Waals surface area contributed by atoms with Crippen molar-refractivity contribution in [3.8, 4) is 11.1 Å². The second kappa shape index (κ2) is 13.3. The molecule has 1 aromatic heterocycles. The topological polar surface area (TPSA) is 39.2 Å². The molecule has 0 fully saturated rings. The predicted octanol–water partition coefficient (Wildman–Crippen LogP) is 11.6. The molecule has 0 bridgehead atoms. The minimum Gasteiger partial charge on any atom is -0.456 e. The molecular weight excluding hydrogens is 583 g/mol. The molecule has 0 aliphatic heterocycles. The lowest BCUT2D eigenvalue weighted by Crippen LogP contribution is -2.04.